The first-order valence-electron chi connectivity index (χ1n) is 10.2. The van der Waals surface area contributed by atoms with Crippen LogP contribution in [0.1, 0.15) is 26.7 Å². The van der Waals surface area contributed by atoms with E-state index in [4.69, 9.17) is 33.7 Å². The van der Waals surface area contributed by atoms with Crippen molar-refractivity contribution < 1.29 is 9.53 Å². The zero-order valence-corrected chi connectivity index (χ0v) is 20.0. The van der Waals surface area contributed by atoms with Crippen LogP contribution in [0.25, 0.3) is 0 Å². The number of carbonyl (C=O) groups excluding carboxylic acids is 1. The molecule has 32 heavy (non-hydrogen) atoms. The lowest BCUT2D eigenvalue weighted by atomic mass is 10.1. The number of piperidine rings is 1. The first-order valence-corrected chi connectivity index (χ1v) is 11.0. The van der Waals surface area contributed by atoms with E-state index in [1.807, 2.05) is 38.1 Å². The van der Waals surface area contributed by atoms with Gasteiger partial charge >= 0.3 is 0 Å². The number of carbonyl (C=O) groups is 1. The van der Waals surface area contributed by atoms with Gasteiger partial charge in [-0.1, -0.05) is 23.2 Å². The lowest BCUT2D eigenvalue weighted by molar-refractivity contribution is -0.105. The molecule has 2 aromatic rings. The van der Waals surface area contributed by atoms with Crippen LogP contribution >= 0.6 is 23.2 Å². The summed E-state index contributed by atoms with van der Waals surface area (Å²) in [7, 11) is 1.74. The fraction of sp³-hybridized carbons (Fsp3) is 0.348. The molecule has 0 atom stereocenters. The van der Waals surface area contributed by atoms with Crippen molar-refractivity contribution >= 4 is 52.5 Å². The van der Waals surface area contributed by atoms with Crippen molar-refractivity contribution in [1.82, 2.24) is 4.98 Å². The number of pyridine rings is 1. The molecular formula is C23H29Cl2N5O2. The number of amides is 1. The van der Waals surface area contributed by atoms with Crippen LogP contribution in [-0.4, -0.2) is 43.4 Å². The number of nitrogens with zero attached hydrogens (tertiary/aromatic N) is 3. The van der Waals surface area contributed by atoms with E-state index in [2.05, 4.69) is 20.2 Å². The maximum absolute atomic E-state index is 10.3. The summed E-state index contributed by atoms with van der Waals surface area (Å²) in [5.74, 6) is 0.766. The maximum atomic E-state index is 10.3. The van der Waals surface area contributed by atoms with Crippen LogP contribution in [0.5, 0.6) is 0 Å². The Kier molecular flexibility index (Phi) is 10.5. The monoisotopic (exact) mass is 477 g/mol. The number of aliphatic imine (C=N–C) groups is 1. The highest BCUT2D eigenvalue weighted by Crippen LogP contribution is 2.28. The largest absolute Gasteiger partial charge is 0.404 e. The van der Waals surface area contributed by atoms with E-state index >= 15 is 0 Å². The molecule has 9 heteroatoms. The Labute approximate surface area is 199 Å². The number of anilines is 2. The third kappa shape index (κ3) is 7.82. The van der Waals surface area contributed by atoms with E-state index in [1.165, 1.54) is 0 Å². The number of nitrogens with one attached hydrogen (secondary N) is 1. The van der Waals surface area contributed by atoms with Gasteiger partial charge in [-0.05, 0) is 68.8 Å². The van der Waals surface area contributed by atoms with Gasteiger partial charge in [0.2, 0.25) is 6.41 Å². The zero-order valence-electron chi connectivity index (χ0n) is 18.5. The molecule has 3 N–H and O–H groups in total. The Morgan fingerprint density at radius 3 is 2.44 bits per heavy atom. The summed E-state index contributed by atoms with van der Waals surface area (Å²) in [6.07, 6.45) is 6.05. The van der Waals surface area contributed by atoms with Crippen LogP contribution in [0, 0.1) is 0 Å². The molecule has 0 aliphatic carbocycles. The van der Waals surface area contributed by atoms with Crippen LogP contribution in [0.3, 0.4) is 0 Å². The smallest absolute Gasteiger partial charge is 0.211 e. The van der Waals surface area contributed by atoms with Crippen LogP contribution in [0.15, 0.2) is 53.3 Å². The highest BCUT2D eigenvalue weighted by molar-refractivity contribution is 6.33. The van der Waals surface area contributed by atoms with Gasteiger partial charge in [0.1, 0.15) is 5.82 Å². The molecule has 0 bridgehead atoms. The molecule has 7 nitrogen and oxygen atoms in total. The van der Waals surface area contributed by atoms with Gasteiger partial charge in [-0.2, -0.15) is 0 Å². The third-order valence-corrected chi connectivity index (χ3v) is 5.60. The van der Waals surface area contributed by atoms with Crippen LogP contribution < -0.4 is 16.0 Å². The minimum Gasteiger partial charge on any atom is -0.404 e. The molecule has 3 rings (SSSR count). The van der Waals surface area contributed by atoms with Crippen LogP contribution in [-0.2, 0) is 9.53 Å². The average molecular weight is 478 g/mol. The predicted octanol–water partition coefficient (Wildman–Crippen LogP) is 5.21. The minimum atomic E-state index is 0.330. The summed E-state index contributed by atoms with van der Waals surface area (Å²) in [5.41, 5.74) is 8.76. The van der Waals surface area contributed by atoms with Gasteiger partial charge in [-0.3, -0.25) is 9.79 Å². The number of methoxy groups -OCH3 is 1. The number of aromatic nitrogens is 1. The first kappa shape index (κ1) is 25.6. The number of hydrogen-bond acceptors (Lipinski definition) is 6. The molecule has 1 aliphatic heterocycles. The zero-order chi connectivity index (χ0) is 23.5. The molecular weight excluding hydrogens is 449 g/mol. The minimum absolute atomic E-state index is 0.330. The molecule has 1 fully saturated rings. The first-order chi connectivity index (χ1) is 15.4. The van der Waals surface area contributed by atoms with Gasteiger partial charge in [0.05, 0.1) is 28.7 Å². The molecule has 1 aromatic carbocycles. The summed E-state index contributed by atoms with van der Waals surface area (Å²) in [4.78, 5) is 21.2. The summed E-state index contributed by atoms with van der Waals surface area (Å²) in [5, 5.41) is 3.80. The van der Waals surface area contributed by atoms with E-state index in [-0.39, 0.29) is 0 Å². The molecule has 1 saturated heterocycles. The number of ether oxygens (including phenoxy) is 1. The highest BCUT2D eigenvalue weighted by Gasteiger charge is 2.21. The lowest BCUT2D eigenvalue weighted by Crippen LogP contribution is -2.37. The molecule has 1 aromatic heterocycles. The average Bonchev–Trinajstić information content (AvgIpc) is 2.81. The summed E-state index contributed by atoms with van der Waals surface area (Å²) >= 11 is 11.9. The topological polar surface area (TPSA) is 92.8 Å². The van der Waals surface area contributed by atoms with Crippen molar-refractivity contribution in [2.24, 2.45) is 10.7 Å². The van der Waals surface area contributed by atoms with E-state index in [1.54, 1.807) is 25.6 Å². The van der Waals surface area contributed by atoms with Crippen molar-refractivity contribution in [1.29, 1.82) is 0 Å². The Morgan fingerprint density at radius 2 is 1.91 bits per heavy atom. The van der Waals surface area contributed by atoms with Crippen molar-refractivity contribution in [2.45, 2.75) is 32.8 Å². The molecule has 0 unspecified atom stereocenters. The van der Waals surface area contributed by atoms with Gasteiger partial charge in [0, 0.05) is 30.9 Å². The van der Waals surface area contributed by atoms with Gasteiger partial charge in [-0.25, -0.2) is 4.98 Å². The fourth-order valence-corrected chi connectivity index (χ4v) is 3.44. The molecule has 1 aliphatic rings. The van der Waals surface area contributed by atoms with Crippen molar-refractivity contribution in [3.05, 3.63) is 58.3 Å². The Hall–Kier alpha value is -2.61. The van der Waals surface area contributed by atoms with Crippen LogP contribution in [0.4, 0.5) is 17.2 Å². The molecule has 0 spiro atoms. The summed E-state index contributed by atoms with van der Waals surface area (Å²) in [6, 6.07) is 9.08. The number of hydrogen-bond donors (Lipinski definition) is 2. The van der Waals surface area contributed by atoms with Gasteiger partial charge in [-0.15, -0.1) is 0 Å². The van der Waals surface area contributed by atoms with Gasteiger partial charge < -0.3 is 20.7 Å². The molecule has 0 radical (unpaired) electrons. The summed E-state index contributed by atoms with van der Waals surface area (Å²) in [6.45, 7) is 5.61. The molecule has 1 amide bonds. The van der Waals surface area contributed by atoms with E-state index in [9.17, 15) is 4.79 Å². The predicted molar refractivity (Wildman–Crippen MR) is 133 cm³/mol. The van der Waals surface area contributed by atoms with E-state index < -0.39 is 0 Å². The number of nitrogens with two attached hydrogens (primary N) is 1. The van der Waals surface area contributed by atoms with Crippen LogP contribution in [0.2, 0.25) is 10.0 Å². The highest BCUT2D eigenvalue weighted by atomic mass is 35.5. The molecule has 2 heterocycles. The second-order valence-corrected chi connectivity index (χ2v) is 8.08. The number of halogens is 2. The third-order valence-electron chi connectivity index (χ3n) is 5.07. The number of allylic oxidation sites excluding steroid dienone is 1. The second kappa shape index (κ2) is 13.1. The SMILES string of the molecule is CC(=Nc1ccc(Cl)cc1)/C(C)=C\N.COC1CCN(c2ncc(NC=O)cc2Cl)CC1. The quantitative estimate of drug-likeness (QED) is 0.439. The Bertz CT molecular complexity index is 940. The normalized spacial score (nSPS) is 15.1. The lowest BCUT2D eigenvalue weighted by Gasteiger charge is -2.32. The van der Waals surface area contributed by atoms with Gasteiger partial charge in [0.25, 0.3) is 0 Å². The van der Waals surface area contributed by atoms with Gasteiger partial charge in [0.15, 0.2) is 0 Å². The Balaban J connectivity index is 0.000000235. The maximum Gasteiger partial charge on any atom is 0.211 e. The summed E-state index contributed by atoms with van der Waals surface area (Å²) < 4.78 is 5.33. The van der Waals surface area contributed by atoms with Crippen molar-refractivity contribution in [2.75, 3.05) is 30.4 Å². The van der Waals surface area contributed by atoms with Crippen molar-refractivity contribution in [3.8, 4) is 0 Å². The standard InChI is InChI=1S/C12H16ClN3O2.C11H13ClN2/c1-18-10-2-4-16(5-3-10)12-11(13)6-9(7-14-12)15-8-17;1-8(7-13)9(2)14-11-5-3-10(12)4-6-11/h6-8,10H,2-5H2,1H3,(H,15,17);3-7H,13H2,1-2H3/b;8-7-,14-9?. The number of benzene rings is 1. The molecule has 0 saturated carbocycles. The van der Waals surface area contributed by atoms with E-state index in [0.29, 0.717) is 28.2 Å². The van der Waals surface area contributed by atoms with Crippen molar-refractivity contribution in [3.63, 3.8) is 0 Å². The number of rotatable bonds is 6. The Morgan fingerprint density at radius 1 is 1.25 bits per heavy atom. The molecule has 172 valence electrons. The fourth-order valence-electron chi connectivity index (χ4n) is 3.03. The van der Waals surface area contributed by atoms with E-state index in [0.717, 1.165) is 48.7 Å². The second-order valence-electron chi connectivity index (χ2n) is 7.24.